The molecule has 8 heteroatoms. The van der Waals surface area contributed by atoms with Crippen molar-refractivity contribution in [1.29, 1.82) is 0 Å². The van der Waals surface area contributed by atoms with Gasteiger partial charge in [0, 0.05) is 24.7 Å². The fourth-order valence-corrected chi connectivity index (χ4v) is 4.38. The maximum Gasteiger partial charge on any atom is 0.491 e. The Hall–Kier alpha value is -2.19. The molecular formula is C24H31F3N2O3. The molecule has 1 unspecified atom stereocenters. The lowest BCUT2D eigenvalue weighted by Crippen LogP contribution is -2.41. The van der Waals surface area contributed by atoms with Crippen LogP contribution in [0.25, 0.3) is 6.08 Å². The van der Waals surface area contributed by atoms with Crippen LogP contribution in [-0.2, 0) is 14.3 Å². The first kappa shape index (κ1) is 24.5. The lowest BCUT2D eigenvalue weighted by molar-refractivity contribution is -0.201. The van der Waals surface area contributed by atoms with Crippen molar-refractivity contribution in [2.45, 2.75) is 76.2 Å². The Morgan fingerprint density at radius 2 is 1.75 bits per heavy atom. The van der Waals surface area contributed by atoms with E-state index in [2.05, 4.69) is 52.6 Å². The zero-order valence-corrected chi connectivity index (χ0v) is 18.3. The molecule has 5 nitrogen and oxygen atoms in total. The molecule has 2 saturated carbocycles. The number of alkyl halides is 3. The zero-order valence-electron chi connectivity index (χ0n) is 18.3. The molecule has 0 aliphatic heterocycles. The van der Waals surface area contributed by atoms with Gasteiger partial charge in [-0.25, -0.2) is 4.79 Å². The number of esters is 2. The summed E-state index contributed by atoms with van der Waals surface area (Å²) in [6.45, 7) is 2.40. The summed E-state index contributed by atoms with van der Waals surface area (Å²) in [5, 5.41) is 6.97. The summed E-state index contributed by atoms with van der Waals surface area (Å²) in [6.07, 6.45) is 3.01. The van der Waals surface area contributed by atoms with Crippen LogP contribution in [0.2, 0.25) is 0 Å². The summed E-state index contributed by atoms with van der Waals surface area (Å²) in [5.74, 6) is -3.02. The standard InChI is InChI=1S/C24H31F3N2O3/c1-2-17(14-16-6-4-3-5-7-16)20-15-21(20)29-19-10-8-18(9-11-19)28-13-12-22(30)32-23(31)24(25,26)27/h3-7,14,18-21,28-29H,2,8-13,15H2,1H3/t18?,19?,20?,21-/m0/s1. The highest BCUT2D eigenvalue weighted by Crippen LogP contribution is 2.40. The van der Waals surface area contributed by atoms with Crippen molar-refractivity contribution in [3.63, 3.8) is 0 Å². The fraction of sp³-hybridized carbons (Fsp3) is 0.583. The second-order valence-corrected chi connectivity index (χ2v) is 8.61. The van der Waals surface area contributed by atoms with Gasteiger partial charge < -0.3 is 15.4 Å². The average molecular weight is 453 g/mol. The van der Waals surface area contributed by atoms with Crippen LogP contribution in [-0.4, -0.2) is 42.8 Å². The molecule has 2 atom stereocenters. The molecule has 1 aromatic rings. The van der Waals surface area contributed by atoms with E-state index < -0.39 is 18.1 Å². The van der Waals surface area contributed by atoms with Gasteiger partial charge in [-0.3, -0.25) is 4.79 Å². The summed E-state index contributed by atoms with van der Waals surface area (Å²) in [6, 6.07) is 11.6. The highest BCUT2D eigenvalue weighted by molar-refractivity contribution is 5.88. The van der Waals surface area contributed by atoms with Gasteiger partial charge in [-0.05, 0) is 50.0 Å². The maximum atomic E-state index is 12.1. The van der Waals surface area contributed by atoms with Crippen molar-refractivity contribution in [2.24, 2.45) is 5.92 Å². The first-order chi connectivity index (χ1) is 15.3. The third-order valence-electron chi connectivity index (χ3n) is 6.20. The Morgan fingerprint density at radius 1 is 1.09 bits per heavy atom. The molecule has 176 valence electrons. The second-order valence-electron chi connectivity index (χ2n) is 8.61. The molecule has 2 aliphatic carbocycles. The van der Waals surface area contributed by atoms with Gasteiger partial charge in [-0.2, -0.15) is 13.2 Å². The van der Waals surface area contributed by atoms with Crippen LogP contribution in [0.1, 0.15) is 57.4 Å². The minimum absolute atomic E-state index is 0.196. The molecule has 2 fully saturated rings. The summed E-state index contributed by atoms with van der Waals surface area (Å²) in [5.41, 5.74) is 2.73. The molecule has 0 heterocycles. The topological polar surface area (TPSA) is 67.4 Å². The van der Waals surface area contributed by atoms with Crippen molar-refractivity contribution in [1.82, 2.24) is 10.6 Å². The van der Waals surface area contributed by atoms with Crippen LogP contribution in [0.5, 0.6) is 0 Å². The number of carbonyl (C=O) groups is 2. The van der Waals surface area contributed by atoms with Gasteiger partial charge in [0.2, 0.25) is 0 Å². The normalized spacial score (nSPS) is 25.9. The van der Waals surface area contributed by atoms with E-state index in [1.807, 2.05) is 6.07 Å². The Bertz CT molecular complexity index is 802. The van der Waals surface area contributed by atoms with Crippen molar-refractivity contribution >= 4 is 18.0 Å². The quantitative estimate of drug-likeness (QED) is 0.430. The molecule has 3 rings (SSSR count). The van der Waals surface area contributed by atoms with Crippen molar-refractivity contribution < 1.29 is 27.5 Å². The molecule has 1 aromatic carbocycles. The predicted octanol–water partition coefficient (Wildman–Crippen LogP) is 4.38. The van der Waals surface area contributed by atoms with Crippen LogP contribution in [0.15, 0.2) is 35.9 Å². The summed E-state index contributed by atoms with van der Waals surface area (Å²) >= 11 is 0. The largest absolute Gasteiger partial charge is 0.491 e. The summed E-state index contributed by atoms with van der Waals surface area (Å²) < 4.78 is 40.1. The van der Waals surface area contributed by atoms with Gasteiger partial charge in [0.15, 0.2) is 0 Å². The van der Waals surface area contributed by atoms with Crippen LogP contribution in [0.3, 0.4) is 0 Å². The first-order valence-electron chi connectivity index (χ1n) is 11.3. The number of carbonyl (C=O) groups excluding carboxylic acids is 2. The van der Waals surface area contributed by atoms with Crippen molar-refractivity contribution in [2.75, 3.05) is 6.54 Å². The summed E-state index contributed by atoms with van der Waals surface area (Å²) in [4.78, 5) is 22.0. The maximum absolute atomic E-state index is 12.1. The number of hydrogen-bond acceptors (Lipinski definition) is 5. The minimum atomic E-state index is -5.15. The Labute approximate surface area is 186 Å². The van der Waals surface area contributed by atoms with Gasteiger partial charge in [-0.1, -0.05) is 48.9 Å². The molecule has 0 spiro atoms. The highest BCUT2D eigenvalue weighted by atomic mass is 19.4. The third-order valence-corrected chi connectivity index (χ3v) is 6.20. The highest BCUT2D eigenvalue weighted by Gasteiger charge is 2.42. The number of halogens is 3. The Kier molecular flexibility index (Phi) is 8.48. The smallest absolute Gasteiger partial charge is 0.386 e. The predicted molar refractivity (Wildman–Crippen MR) is 116 cm³/mol. The van der Waals surface area contributed by atoms with E-state index in [-0.39, 0.29) is 19.0 Å². The second kappa shape index (κ2) is 11.1. The molecule has 32 heavy (non-hydrogen) atoms. The average Bonchev–Trinajstić information content (AvgIpc) is 3.52. The van der Waals surface area contributed by atoms with Crippen LogP contribution < -0.4 is 10.6 Å². The molecule has 2 N–H and O–H groups in total. The molecule has 0 amide bonds. The van der Waals surface area contributed by atoms with E-state index in [0.29, 0.717) is 18.0 Å². The van der Waals surface area contributed by atoms with Gasteiger partial charge in [-0.15, -0.1) is 0 Å². The number of ether oxygens (including phenoxy) is 1. The first-order valence-corrected chi connectivity index (χ1v) is 11.3. The lowest BCUT2D eigenvalue weighted by atomic mass is 9.91. The van der Waals surface area contributed by atoms with E-state index >= 15 is 0 Å². The van der Waals surface area contributed by atoms with E-state index in [1.54, 1.807) is 0 Å². The number of benzene rings is 1. The van der Waals surface area contributed by atoms with Crippen LogP contribution in [0.4, 0.5) is 13.2 Å². The Balaban J connectivity index is 1.32. The van der Waals surface area contributed by atoms with Crippen molar-refractivity contribution in [3.8, 4) is 0 Å². The van der Waals surface area contributed by atoms with E-state index in [4.69, 9.17) is 0 Å². The van der Waals surface area contributed by atoms with Gasteiger partial charge >= 0.3 is 18.1 Å². The van der Waals surface area contributed by atoms with Gasteiger partial charge in [0.05, 0.1) is 6.42 Å². The third kappa shape index (κ3) is 7.45. The van der Waals surface area contributed by atoms with Crippen molar-refractivity contribution in [3.05, 3.63) is 41.5 Å². The zero-order chi connectivity index (χ0) is 23.1. The number of hydrogen-bond donors (Lipinski definition) is 2. The van der Waals surface area contributed by atoms with E-state index in [0.717, 1.165) is 32.1 Å². The van der Waals surface area contributed by atoms with E-state index in [1.165, 1.54) is 17.6 Å². The molecule has 0 bridgehead atoms. The Morgan fingerprint density at radius 3 is 2.38 bits per heavy atom. The molecule has 0 radical (unpaired) electrons. The van der Waals surface area contributed by atoms with E-state index in [9.17, 15) is 22.8 Å². The molecule has 0 saturated heterocycles. The van der Waals surface area contributed by atoms with Crippen LogP contribution in [0, 0.1) is 5.92 Å². The van der Waals surface area contributed by atoms with Crippen LogP contribution >= 0.6 is 0 Å². The fourth-order valence-electron chi connectivity index (χ4n) is 4.38. The molecule has 2 aliphatic rings. The molecular weight excluding hydrogens is 421 g/mol. The minimum Gasteiger partial charge on any atom is -0.386 e. The summed E-state index contributed by atoms with van der Waals surface area (Å²) in [7, 11) is 0. The molecule has 0 aromatic heterocycles. The number of nitrogens with one attached hydrogen (secondary N) is 2. The number of rotatable bonds is 9. The lowest BCUT2D eigenvalue weighted by Gasteiger charge is -2.30. The van der Waals surface area contributed by atoms with Gasteiger partial charge in [0.1, 0.15) is 0 Å². The van der Waals surface area contributed by atoms with Gasteiger partial charge in [0.25, 0.3) is 0 Å². The monoisotopic (exact) mass is 452 g/mol. The SMILES string of the molecule is CCC(=Cc1ccccc1)C1C[C@@H]1NC1CCC(NCCC(=O)OC(=O)C(F)(F)F)CC1.